The molecule has 3 rings (SSSR count). The molecule has 3 aromatic rings. The van der Waals surface area contributed by atoms with Crippen molar-refractivity contribution in [2.24, 2.45) is 0 Å². The number of hydrogen-bond donors (Lipinski definition) is 3. The molecule has 25 heavy (non-hydrogen) atoms. The van der Waals surface area contributed by atoms with Crippen LogP contribution in [-0.2, 0) is 0 Å². The van der Waals surface area contributed by atoms with Crippen molar-refractivity contribution in [1.29, 1.82) is 0 Å². The number of rotatable bonds is 6. The molecule has 130 valence electrons. The van der Waals surface area contributed by atoms with Gasteiger partial charge in [-0.2, -0.15) is 4.37 Å². The summed E-state index contributed by atoms with van der Waals surface area (Å²) in [6, 6.07) is 13.4. The van der Waals surface area contributed by atoms with Crippen LogP contribution < -0.4 is 16.0 Å². The number of aromatic nitrogens is 1. The van der Waals surface area contributed by atoms with Crippen molar-refractivity contribution in [2.75, 3.05) is 23.7 Å². The fourth-order valence-electron chi connectivity index (χ4n) is 2.27. The largest absolute Gasteiger partial charge is 0.369 e. The number of nitrogens with zero attached hydrogens (tertiary/aromatic N) is 1. The van der Waals surface area contributed by atoms with E-state index in [4.69, 9.17) is 35.4 Å². The molecule has 0 aliphatic carbocycles. The van der Waals surface area contributed by atoms with Crippen molar-refractivity contribution in [2.45, 2.75) is 6.42 Å². The number of nitrogens with one attached hydrogen (secondary N) is 3. The van der Waals surface area contributed by atoms with Crippen LogP contribution >= 0.6 is 47.0 Å². The normalized spacial score (nSPS) is 10.6. The molecule has 3 N–H and O–H groups in total. The average Bonchev–Trinajstić information content (AvgIpc) is 3.00. The summed E-state index contributed by atoms with van der Waals surface area (Å²) in [5.41, 5.74) is 0.732. The maximum Gasteiger partial charge on any atom is 0.170 e. The monoisotopic (exact) mass is 410 g/mol. The lowest BCUT2D eigenvalue weighted by Gasteiger charge is -2.12. The van der Waals surface area contributed by atoms with Gasteiger partial charge in [0.25, 0.3) is 0 Å². The molecule has 0 amide bonds. The molecule has 4 nitrogen and oxygen atoms in total. The number of thiocarbonyl (C=S) groups is 1. The molecule has 0 fully saturated rings. The van der Waals surface area contributed by atoms with Gasteiger partial charge in [0.2, 0.25) is 0 Å². The van der Waals surface area contributed by atoms with Crippen molar-refractivity contribution in [3.05, 3.63) is 52.5 Å². The second-order valence-corrected chi connectivity index (χ2v) is 7.37. The summed E-state index contributed by atoms with van der Waals surface area (Å²) in [5, 5.41) is 12.4. The molecule has 0 aliphatic heterocycles. The summed E-state index contributed by atoms with van der Waals surface area (Å²) in [5.74, 6) is 0.939. The smallest absolute Gasteiger partial charge is 0.170 e. The maximum absolute atomic E-state index is 6.11. The van der Waals surface area contributed by atoms with Crippen LogP contribution in [0.4, 0.5) is 11.5 Å². The van der Waals surface area contributed by atoms with Crippen molar-refractivity contribution < 1.29 is 0 Å². The molecule has 0 spiro atoms. The van der Waals surface area contributed by atoms with Crippen molar-refractivity contribution in [3.63, 3.8) is 0 Å². The van der Waals surface area contributed by atoms with E-state index >= 15 is 0 Å². The first-order valence-corrected chi connectivity index (χ1v) is 9.65. The summed E-state index contributed by atoms with van der Waals surface area (Å²) in [6.45, 7) is 1.55. The number of benzene rings is 2. The Morgan fingerprint density at radius 3 is 2.80 bits per heavy atom. The van der Waals surface area contributed by atoms with Gasteiger partial charge in [0.15, 0.2) is 5.11 Å². The van der Waals surface area contributed by atoms with Crippen LogP contribution in [0.5, 0.6) is 0 Å². The molecule has 8 heteroatoms. The zero-order chi connectivity index (χ0) is 17.6. The van der Waals surface area contributed by atoms with Gasteiger partial charge in [-0.1, -0.05) is 35.3 Å². The Morgan fingerprint density at radius 1 is 1.12 bits per heavy atom. The van der Waals surface area contributed by atoms with E-state index in [0.29, 0.717) is 15.2 Å². The first kappa shape index (κ1) is 18.2. The predicted octanol–water partition coefficient (Wildman–Crippen LogP) is 5.39. The number of halogens is 2. The fraction of sp³-hybridized carbons (Fsp3) is 0.176. The summed E-state index contributed by atoms with van der Waals surface area (Å²) < 4.78 is 5.64. The highest BCUT2D eigenvalue weighted by atomic mass is 35.5. The third-order valence-electron chi connectivity index (χ3n) is 3.49. The van der Waals surface area contributed by atoms with Gasteiger partial charge in [0, 0.05) is 23.5 Å². The lowest BCUT2D eigenvalue weighted by molar-refractivity contribution is 0.808. The highest BCUT2D eigenvalue weighted by Crippen LogP contribution is 2.26. The van der Waals surface area contributed by atoms with E-state index in [-0.39, 0.29) is 0 Å². The molecule has 2 aromatic carbocycles. The first-order chi connectivity index (χ1) is 12.1. The predicted molar refractivity (Wildman–Crippen MR) is 113 cm³/mol. The molecule has 0 atom stereocenters. The van der Waals surface area contributed by atoms with E-state index in [1.165, 1.54) is 16.2 Å². The summed E-state index contributed by atoms with van der Waals surface area (Å²) in [6.07, 6.45) is 0.905. The molecule has 0 unspecified atom stereocenters. The van der Waals surface area contributed by atoms with Crippen LogP contribution in [0.3, 0.4) is 0 Å². The molecule has 0 aliphatic rings. The summed E-state index contributed by atoms with van der Waals surface area (Å²) in [7, 11) is 0. The van der Waals surface area contributed by atoms with Crippen LogP contribution in [0.15, 0.2) is 42.5 Å². The minimum absolute atomic E-state index is 0.531. The Balaban J connectivity index is 1.40. The first-order valence-electron chi connectivity index (χ1n) is 7.71. The van der Waals surface area contributed by atoms with Gasteiger partial charge in [-0.15, -0.1) is 0 Å². The molecular weight excluding hydrogens is 395 g/mol. The van der Waals surface area contributed by atoms with Gasteiger partial charge in [-0.05, 0) is 60.5 Å². The van der Waals surface area contributed by atoms with Crippen molar-refractivity contribution in [1.82, 2.24) is 9.69 Å². The third kappa shape index (κ3) is 4.95. The number of hydrogen-bond acceptors (Lipinski definition) is 4. The summed E-state index contributed by atoms with van der Waals surface area (Å²) >= 11 is 18.8. The Labute approximate surface area is 165 Å². The van der Waals surface area contributed by atoms with Crippen LogP contribution in [0.1, 0.15) is 6.42 Å². The minimum Gasteiger partial charge on any atom is -0.369 e. The molecule has 1 heterocycles. The minimum atomic E-state index is 0.531. The Hall–Kier alpha value is -1.60. The van der Waals surface area contributed by atoms with Crippen molar-refractivity contribution in [3.8, 4) is 0 Å². The van der Waals surface area contributed by atoms with Gasteiger partial charge in [-0.3, -0.25) is 0 Å². The van der Waals surface area contributed by atoms with Gasteiger partial charge in [0.1, 0.15) is 5.82 Å². The quantitative estimate of drug-likeness (QED) is 0.375. The van der Waals surface area contributed by atoms with Crippen LogP contribution in [0, 0.1) is 0 Å². The lowest BCUT2D eigenvalue weighted by atomic mass is 10.2. The SMILES string of the molecule is S=C(NCCCNc1nsc2ccccc12)Nc1ccc(Cl)cc1Cl. The van der Waals surface area contributed by atoms with E-state index in [1.807, 2.05) is 12.1 Å². The molecule has 0 saturated carbocycles. The van der Waals surface area contributed by atoms with Crippen molar-refractivity contribution >= 4 is 73.7 Å². The van der Waals surface area contributed by atoms with Crippen LogP contribution in [0.25, 0.3) is 10.1 Å². The fourth-order valence-corrected chi connectivity index (χ4v) is 3.69. The van der Waals surface area contributed by atoms with E-state index < -0.39 is 0 Å². The Bertz CT molecular complexity index is 882. The molecule has 1 aromatic heterocycles. The Kier molecular flexibility index (Phi) is 6.31. The highest BCUT2D eigenvalue weighted by molar-refractivity contribution is 7.80. The summed E-state index contributed by atoms with van der Waals surface area (Å²) in [4.78, 5) is 0. The van der Waals surface area contributed by atoms with E-state index in [9.17, 15) is 0 Å². The van der Waals surface area contributed by atoms with Gasteiger partial charge in [0.05, 0.1) is 15.4 Å². The van der Waals surface area contributed by atoms with Gasteiger partial charge in [-0.25, -0.2) is 0 Å². The molecular formula is C17H16Cl2N4S2. The molecule has 0 saturated heterocycles. The van der Waals surface area contributed by atoms with Gasteiger partial charge >= 0.3 is 0 Å². The molecule has 0 bridgehead atoms. The van der Waals surface area contributed by atoms with E-state index in [0.717, 1.165) is 36.4 Å². The zero-order valence-electron chi connectivity index (χ0n) is 13.2. The number of anilines is 2. The average molecular weight is 411 g/mol. The van der Waals surface area contributed by atoms with Gasteiger partial charge < -0.3 is 16.0 Å². The van der Waals surface area contributed by atoms with Crippen LogP contribution in [0.2, 0.25) is 10.0 Å². The second-order valence-electron chi connectivity index (χ2n) is 5.31. The standard InChI is InChI=1S/C17H16Cl2N4S2/c18-11-6-7-14(13(19)10-11)22-17(24)21-9-3-8-20-16-12-4-1-2-5-15(12)25-23-16/h1-2,4-7,10H,3,8-9H2,(H,20,23)(H2,21,22,24). The third-order valence-corrected chi connectivity index (χ3v) is 5.11. The highest BCUT2D eigenvalue weighted by Gasteiger charge is 2.05. The second kappa shape index (κ2) is 8.67. The Morgan fingerprint density at radius 2 is 1.96 bits per heavy atom. The van der Waals surface area contributed by atoms with E-state index in [1.54, 1.807) is 18.2 Å². The lowest BCUT2D eigenvalue weighted by Crippen LogP contribution is -2.30. The number of fused-ring (bicyclic) bond motifs is 1. The zero-order valence-corrected chi connectivity index (χ0v) is 16.3. The molecule has 0 radical (unpaired) electrons. The van der Waals surface area contributed by atoms with Crippen LogP contribution in [-0.4, -0.2) is 22.6 Å². The maximum atomic E-state index is 6.11. The topological polar surface area (TPSA) is 49.0 Å². The van der Waals surface area contributed by atoms with E-state index in [2.05, 4.69) is 32.5 Å².